The number of hydrogen-bond acceptors (Lipinski definition) is 4. The average Bonchev–Trinajstić information content (AvgIpc) is 2.87. The first-order chi connectivity index (χ1) is 9.56. The summed E-state index contributed by atoms with van der Waals surface area (Å²) >= 11 is 0. The molecule has 1 atom stereocenters. The summed E-state index contributed by atoms with van der Waals surface area (Å²) in [5, 5.41) is 12.7. The quantitative estimate of drug-likeness (QED) is 0.832. The molecule has 5 heteroatoms. The molecule has 104 valence electrons. The highest BCUT2D eigenvalue weighted by molar-refractivity contribution is 5.53. The average molecular weight is 273 g/mol. The SMILES string of the molecule is CCC(C)(CC#N)Cc1nc(-c2cccc(F)c2)no1. The molecule has 0 spiro atoms. The molecule has 1 aromatic heterocycles. The van der Waals surface area contributed by atoms with E-state index in [9.17, 15) is 4.39 Å². The van der Waals surface area contributed by atoms with E-state index < -0.39 is 0 Å². The second-order valence-corrected chi connectivity index (χ2v) is 5.20. The van der Waals surface area contributed by atoms with Crippen molar-refractivity contribution in [3.05, 3.63) is 36.0 Å². The fraction of sp³-hybridized carbons (Fsp3) is 0.400. The van der Waals surface area contributed by atoms with Crippen LogP contribution in [0.3, 0.4) is 0 Å². The molecule has 0 aliphatic heterocycles. The second-order valence-electron chi connectivity index (χ2n) is 5.20. The Morgan fingerprint density at radius 1 is 1.45 bits per heavy atom. The van der Waals surface area contributed by atoms with Crippen LogP contribution >= 0.6 is 0 Å². The van der Waals surface area contributed by atoms with Crippen molar-refractivity contribution < 1.29 is 8.91 Å². The van der Waals surface area contributed by atoms with Gasteiger partial charge in [0.2, 0.25) is 11.7 Å². The maximum Gasteiger partial charge on any atom is 0.227 e. The summed E-state index contributed by atoms with van der Waals surface area (Å²) in [4.78, 5) is 4.28. The molecule has 20 heavy (non-hydrogen) atoms. The van der Waals surface area contributed by atoms with Crippen LogP contribution in [0.5, 0.6) is 0 Å². The Hall–Kier alpha value is -2.22. The summed E-state index contributed by atoms with van der Waals surface area (Å²) in [6.07, 6.45) is 1.82. The molecule has 2 rings (SSSR count). The van der Waals surface area contributed by atoms with Gasteiger partial charge in [0.25, 0.3) is 0 Å². The van der Waals surface area contributed by atoms with Crippen LogP contribution in [-0.2, 0) is 6.42 Å². The van der Waals surface area contributed by atoms with E-state index in [1.54, 1.807) is 12.1 Å². The Bertz CT molecular complexity index is 632. The van der Waals surface area contributed by atoms with Crippen LogP contribution in [0, 0.1) is 22.6 Å². The van der Waals surface area contributed by atoms with E-state index >= 15 is 0 Å². The van der Waals surface area contributed by atoms with Gasteiger partial charge in [0.15, 0.2) is 0 Å². The number of aromatic nitrogens is 2. The summed E-state index contributed by atoms with van der Waals surface area (Å²) in [5.74, 6) is 0.510. The maximum atomic E-state index is 13.2. The van der Waals surface area contributed by atoms with Gasteiger partial charge < -0.3 is 4.52 Å². The Kier molecular flexibility index (Phi) is 4.14. The molecule has 1 heterocycles. The normalized spacial score (nSPS) is 13.7. The monoisotopic (exact) mass is 273 g/mol. The number of nitrogens with zero attached hydrogens (tertiary/aromatic N) is 3. The Morgan fingerprint density at radius 2 is 2.25 bits per heavy atom. The lowest BCUT2D eigenvalue weighted by atomic mass is 9.81. The van der Waals surface area contributed by atoms with Crippen LogP contribution in [0.1, 0.15) is 32.6 Å². The second kappa shape index (κ2) is 5.83. The highest BCUT2D eigenvalue weighted by Crippen LogP contribution is 2.30. The molecule has 0 aliphatic rings. The predicted molar refractivity (Wildman–Crippen MR) is 72.0 cm³/mol. The first-order valence-corrected chi connectivity index (χ1v) is 6.52. The third-order valence-corrected chi connectivity index (χ3v) is 3.49. The van der Waals surface area contributed by atoms with E-state index in [2.05, 4.69) is 16.2 Å². The third-order valence-electron chi connectivity index (χ3n) is 3.49. The highest BCUT2D eigenvalue weighted by atomic mass is 19.1. The van der Waals surface area contributed by atoms with Crippen molar-refractivity contribution in [2.75, 3.05) is 0 Å². The molecule has 0 bridgehead atoms. The van der Waals surface area contributed by atoms with Gasteiger partial charge in [-0.25, -0.2) is 4.39 Å². The number of nitriles is 1. The lowest BCUT2D eigenvalue weighted by molar-refractivity contribution is 0.266. The summed E-state index contributed by atoms with van der Waals surface area (Å²) in [7, 11) is 0. The van der Waals surface area contributed by atoms with Gasteiger partial charge in [0, 0.05) is 18.4 Å². The fourth-order valence-electron chi connectivity index (χ4n) is 1.94. The minimum absolute atomic E-state index is 0.180. The third kappa shape index (κ3) is 3.21. The van der Waals surface area contributed by atoms with Crippen LogP contribution < -0.4 is 0 Å². The van der Waals surface area contributed by atoms with Crippen LogP contribution in [0.25, 0.3) is 11.4 Å². The van der Waals surface area contributed by atoms with Crippen LogP contribution in [0.4, 0.5) is 4.39 Å². The largest absolute Gasteiger partial charge is 0.339 e. The number of benzene rings is 1. The van der Waals surface area contributed by atoms with Gasteiger partial charge in [0.1, 0.15) is 5.82 Å². The van der Waals surface area contributed by atoms with E-state index in [0.717, 1.165) is 6.42 Å². The van der Waals surface area contributed by atoms with Crippen molar-refractivity contribution in [1.82, 2.24) is 10.1 Å². The van der Waals surface area contributed by atoms with Gasteiger partial charge in [-0.2, -0.15) is 10.2 Å². The molecule has 0 radical (unpaired) electrons. The first-order valence-electron chi connectivity index (χ1n) is 6.52. The molecule has 1 unspecified atom stereocenters. The lowest BCUT2D eigenvalue weighted by Crippen LogP contribution is -2.18. The Balaban J connectivity index is 2.19. The molecule has 1 aromatic carbocycles. The van der Waals surface area contributed by atoms with Gasteiger partial charge in [-0.05, 0) is 24.0 Å². The molecular formula is C15H16FN3O. The van der Waals surface area contributed by atoms with E-state index in [4.69, 9.17) is 9.78 Å². The van der Waals surface area contributed by atoms with Crippen molar-refractivity contribution in [1.29, 1.82) is 5.26 Å². The minimum atomic E-state index is -0.336. The number of hydrogen-bond donors (Lipinski definition) is 0. The van der Waals surface area contributed by atoms with Gasteiger partial charge in [-0.15, -0.1) is 0 Å². The fourth-order valence-corrected chi connectivity index (χ4v) is 1.94. The zero-order valence-corrected chi connectivity index (χ0v) is 11.6. The van der Waals surface area contributed by atoms with Crippen LogP contribution in [-0.4, -0.2) is 10.1 Å². The Morgan fingerprint density at radius 3 is 2.90 bits per heavy atom. The van der Waals surface area contributed by atoms with Crippen molar-refractivity contribution in [3.63, 3.8) is 0 Å². The van der Waals surface area contributed by atoms with Gasteiger partial charge in [-0.1, -0.05) is 31.1 Å². The van der Waals surface area contributed by atoms with Crippen LogP contribution in [0.2, 0.25) is 0 Å². The van der Waals surface area contributed by atoms with Crippen molar-refractivity contribution >= 4 is 0 Å². The van der Waals surface area contributed by atoms with Gasteiger partial charge in [0.05, 0.1) is 6.07 Å². The maximum absolute atomic E-state index is 13.2. The molecule has 0 saturated heterocycles. The topological polar surface area (TPSA) is 62.7 Å². The van der Waals surface area contributed by atoms with Crippen molar-refractivity contribution in [2.45, 2.75) is 33.1 Å². The number of halogens is 1. The molecule has 4 nitrogen and oxygen atoms in total. The summed E-state index contributed by atoms with van der Waals surface area (Å²) < 4.78 is 18.4. The minimum Gasteiger partial charge on any atom is -0.339 e. The predicted octanol–water partition coefficient (Wildman–Crippen LogP) is 3.75. The van der Waals surface area contributed by atoms with Crippen molar-refractivity contribution in [3.8, 4) is 17.5 Å². The molecule has 0 fully saturated rings. The summed E-state index contributed by atoms with van der Waals surface area (Å²) in [6.45, 7) is 4.05. The molecule has 0 N–H and O–H groups in total. The molecule has 0 aliphatic carbocycles. The molecule has 2 aromatic rings. The molecule has 0 saturated carbocycles. The van der Waals surface area contributed by atoms with E-state index in [0.29, 0.717) is 30.1 Å². The number of rotatable bonds is 5. The van der Waals surface area contributed by atoms with Crippen LogP contribution in [0.15, 0.2) is 28.8 Å². The highest BCUT2D eigenvalue weighted by Gasteiger charge is 2.25. The first kappa shape index (κ1) is 14.2. The van der Waals surface area contributed by atoms with Crippen molar-refractivity contribution in [2.24, 2.45) is 5.41 Å². The van der Waals surface area contributed by atoms with E-state index in [1.165, 1.54) is 12.1 Å². The van der Waals surface area contributed by atoms with E-state index in [1.807, 2.05) is 13.8 Å². The Labute approximate surface area is 117 Å². The zero-order valence-electron chi connectivity index (χ0n) is 11.6. The van der Waals surface area contributed by atoms with E-state index in [-0.39, 0.29) is 11.2 Å². The van der Waals surface area contributed by atoms with Gasteiger partial charge in [-0.3, -0.25) is 0 Å². The molecular weight excluding hydrogens is 257 g/mol. The smallest absolute Gasteiger partial charge is 0.227 e. The van der Waals surface area contributed by atoms with Gasteiger partial charge >= 0.3 is 0 Å². The summed E-state index contributed by atoms with van der Waals surface area (Å²) in [6, 6.07) is 8.25. The summed E-state index contributed by atoms with van der Waals surface area (Å²) in [5.41, 5.74) is 0.402. The molecule has 0 amide bonds. The zero-order chi connectivity index (χ0) is 14.6. The standard InChI is InChI=1S/C15H16FN3O/c1-3-15(2,7-8-17)10-13-18-14(19-20-13)11-5-4-6-12(16)9-11/h4-6,9H,3,7,10H2,1-2H3. The lowest BCUT2D eigenvalue weighted by Gasteiger charge is -2.22.